The number of carbonyl (C=O) groups excluding carboxylic acids is 1. The molecular weight excluding hydrogens is 455 g/mol. The summed E-state index contributed by atoms with van der Waals surface area (Å²) in [5.41, 5.74) is 3.57. The minimum Gasteiger partial charge on any atom is -0.273 e. The van der Waals surface area contributed by atoms with Gasteiger partial charge in [0.2, 0.25) is 15.9 Å². The fourth-order valence-electron chi connectivity index (χ4n) is 3.03. The molecule has 2 N–H and O–H groups in total. The first kappa shape index (κ1) is 21.8. The molecule has 0 atom stereocenters. The van der Waals surface area contributed by atoms with Gasteiger partial charge >= 0.3 is 0 Å². The second kappa shape index (κ2) is 8.99. The van der Waals surface area contributed by atoms with E-state index in [-0.39, 0.29) is 17.9 Å². The van der Waals surface area contributed by atoms with Crippen molar-refractivity contribution in [1.29, 1.82) is 0 Å². The summed E-state index contributed by atoms with van der Waals surface area (Å²) in [5.74, 6) is -1.13. The third-order valence-corrected chi connectivity index (χ3v) is 6.96. The lowest BCUT2D eigenvalue weighted by Crippen LogP contribution is -2.35. The van der Waals surface area contributed by atoms with Crippen molar-refractivity contribution in [3.05, 3.63) is 82.5 Å². The number of hydrogen-bond donors (Lipinski definition) is 2. The van der Waals surface area contributed by atoms with Crippen LogP contribution in [0.1, 0.15) is 6.42 Å². The van der Waals surface area contributed by atoms with Crippen LogP contribution in [0.3, 0.4) is 0 Å². The Labute approximate surface area is 186 Å². The van der Waals surface area contributed by atoms with Gasteiger partial charge in [-0.15, -0.1) is 11.3 Å². The maximum absolute atomic E-state index is 13.0. The molecule has 2 aromatic carbocycles. The number of hydrogen-bond acceptors (Lipinski definition) is 6. The third kappa shape index (κ3) is 4.59. The molecule has 11 heteroatoms. The molecule has 2 aromatic heterocycles. The third-order valence-electron chi connectivity index (χ3n) is 4.59. The summed E-state index contributed by atoms with van der Waals surface area (Å²) < 4.78 is 40.6. The summed E-state index contributed by atoms with van der Waals surface area (Å²) in [6.07, 6.45) is 0.997. The zero-order chi connectivity index (χ0) is 22.7. The van der Waals surface area contributed by atoms with Crippen LogP contribution in [0.4, 0.5) is 4.39 Å². The lowest BCUT2D eigenvalue weighted by molar-refractivity contribution is -0.117. The predicted molar refractivity (Wildman–Crippen MR) is 120 cm³/mol. The first-order valence-corrected chi connectivity index (χ1v) is 11.8. The summed E-state index contributed by atoms with van der Waals surface area (Å²) in [4.78, 5) is 29.9. The fraction of sp³-hybridized carbons (Fsp3) is 0.0952. The number of thiophene rings is 1. The van der Waals surface area contributed by atoms with Gasteiger partial charge in [0.05, 0.1) is 10.3 Å². The van der Waals surface area contributed by atoms with Crippen LogP contribution in [0, 0.1) is 5.82 Å². The molecule has 4 aromatic rings. The minimum absolute atomic E-state index is 0.115. The van der Waals surface area contributed by atoms with Crippen molar-refractivity contribution in [3.63, 3.8) is 0 Å². The molecule has 32 heavy (non-hydrogen) atoms. The van der Waals surface area contributed by atoms with E-state index < -0.39 is 27.3 Å². The van der Waals surface area contributed by atoms with Gasteiger partial charge < -0.3 is 0 Å². The molecule has 1 amide bonds. The Kier molecular flexibility index (Phi) is 6.12. The molecular formula is C21H17FN4O4S2. The maximum Gasteiger partial charge on any atom is 0.281 e. The van der Waals surface area contributed by atoms with Gasteiger partial charge in [0.15, 0.2) is 0 Å². The van der Waals surface area contributed by atoms with Crippen LogP contribution in [-0.2, 0) is 14.8 Å². The number of halogens is 1. The molecule has 0 bridgehead atoms. The number of nitrogens with zero attached hydrogens (tertiary/aromatic N) is 2. The van der Waals surface area contributed by atoms with Crippen molar-refractivity contribution < 1.29 is 17.6 Å². The quantitative estimate of drug-likeness (QED) is 0.430. The van der Waals surface area contributed by atoms with Crippen LogP contribution < -0.4 is 15.7 Å². The van der Waals surface area contributed by atoms with E-state index in [2.05, 4.69) is 15.1 Å². The molecule has 0 aliphatic rings. The van der Waals surface area contributed by atoms with E-state index in [1.165, 1.54) is 17.7 Å². The van der Waals surface area contributed by atoms with Gasteiger partial charge in [-0.3, -0.25) is 15.0 Å². The van der Waals surface area contributed by atoms with E-state index >= 15 is 0 Å². The van der Waals surface area contributed by atoms with Gasteiger partial charge in [-0.1, -0.05) is 30.3 Å². The van der Waals surface area contributed by atoms with Gasteiger partial charge in [-0.25, -0.2) is 27.2 Å². The summed E-state index contributed by atoms with van der Waals surface area (Å²) in [6.45, 7) is -0.205. The molecule has 0 unspecified atom stereocenters. The Morgan fingerprint density at radius 3 is 2.53 bits per heavy atom. The summed E-state index contributed by atoms with van der Waals surface area (Å²) >= 11 is 1.33. The zero-order valence-electron chi connectivity index (χ0n) is 16.5. The average Bonchev–Trinajstić information content (AvgIpc) is 3.21. The van der Waals surface area contributed by atoms with Crippen LogP contribution in [0.5, 0.6) is 0 Å². The number of carbonyl (C=O) groups is 1. The predicted octanol–water partition coefficient (Wildman–Crippen LogP) is 2.70. The molecule has 0 radical (unpaired) electrons. The summed E-state index contributed by atoms with van der Waals surface area (Å²) in [6, 6.07) is 13.7. The number of rotatable bonds is 7. The van der Waals surface area contributed by atoms with Crippen molar-refractivity contribution in [3.8, 4) is 11.1 Å². The van der Waals surface area contributed by atoms with Gasteiger partial charge in [-0.2, -0.15) is 0 Å². The Balaban J connectivity index is 1.45. The fourth-order valence-corrected chi connectivity index (χ4v) is 4.97. The lowest BCUT2D eigenvalue weighted by atomic mass is 10.1. The largest absolute Gasteiger partial charge is 0.281 e. The molecule has 0 saturated carbocycles. The van der Waals surface area contributed by atoms with Gasteiger partial charge in [-0.05, 0) is 29.8 Å². The van der Waals surface area contributed by atoms with Crippen LogP contribution in [0.2, 0.25) is 0 Å². The second-order valence-electron chi connectivity index (χ2n) is 6.75. The number of benzene rings is 2. The van der Waals surface area contributed by atoms with Crippen LogP contribution in [-0.4, -0.2) is 30.5 Å². The zero-order valence-corrected chi connectivity index (χ0v) is 18.1. The van der Waals surface area contributed by atoms with Gasteiger partial charge in [0.25, 0.3) is 5.56 Å². The van der Waals surface area contributed by atoms with E-state index in [0.29, 0.717) is 10.2 Å². The monoisotopic (exact) mass is 472 g/mol. The van der Waals surface area contributed by atoms with E-state index in [0.717, 1.165) is 40.1 Å². The number of sulfonamides is 1. The first-order valence-electron chi connectivity index (χ1n) is 9.44. The summed E-state index contributed by atoms with van der Waals surface area (Å²) in [7, 11) is -3.89. The Morgan fingerprint density at radius 1 is 1.09 bits per heavy atom. The molecule has 0 saturated heterocycles. The first-order chi connectivity index (χ1) is 15.3. The van der Waals surface area contributed by atoms with Crippen LogP contribution in [0.15, 0.2) is 76.0 Å². The van der Waals surface area contributed by atoms with Gasteiger partial charge in [0.1, 0.15) is 17.0 Å². The summed E-state index contributed by atoms with van der Waals surface area (Å²) in [5, 5.41) is 2.23. The average molecular weight is 473 g/mol. The number of aromatic nitrogens is 2. The highest BCUT2D eigenvalue weighted by molar-refractivity contribution is 7.89. The number of nitrogens with one attached hydrogen (secondary N) is 2. The van der Waals surface area contributed by atoms with Gasteiger partial charge in [0, 0.05) is 23.9 Å². The number of amides is 1. The molecule has 0 aliphatic carbocycles. The van der Waals surface area contributed by atoms with E-state index in [1.54, 1.807) is 0 Å². The Morgan fingerprint density at radius 2 is 1.81 bits per heavy atom. The SMILES string of the molecule is O=C(CCNS(=O)(=O)c1ccc(F)cc1)Nn1cnc2scc(-c3ccccc3)c2c1=O. The maximum atomic E-state index is 13.0. The molecule has 0 spiro atoms. The highest BCUT2D eigenvalue weighted by atomic mass is 32.2. The van der Waals surface area contributed by atoms with Crippen LogP contribution >= 0.6 is 11.3 Å². The Bertz CT molecular complexity index is 1430. The standard InChI is InChI=1S/C21H17FN4O4S2/c22-15-6-8-16(9-7-15)32(29,30)24-11-10-18(27)25-26-13-23-20-19(21(26)28)17(12-31-20)14-4-2-1-3-5-14/h1-9,12-13,24H,10-11H2,(H,25,27). The van der Waals surface area contributed by atoms with E-state index in [1.807, 2.05) is 35.7 Å². The number of fused-ring (bicyclic) bond motifs is 1. The molecule has 2 heterocycles. The molecule has 4 rings (SSSR count). The minimum atomic E-state index is -3.89. The Hall–Kier alpha value is -3.41. The normalized spacial score (nSPS) is 11.5. The highest BCUT2D eigenvalue weighted by Crippen LogP contribution is 2.30. The van der Waals surface area contributed by atoms with Crippen molar-refractivity contribution in [2.75, 3.05) is 12.0 Å². The van der Waals surface area contributed by atoms with E-state index in [4.69, 9.17) is 0 Å². The molecule has 164 valence electrons. The molecule has 0 aliphatic heterocycles. The van der Waals surface area contributed by atoms with Crippen molar-refractivity contribution in [1.82, 2.24) is 14.4 Å². The van der Waals surface area contributed by atoms with Crippen molar-refractivity contribution >= 4 is 37.5 Å². The van der Waals surface area contributed by atoms with Crippen molar-refractivity contribution in [2.24, 2.45) is 0 Å². The molecule has 0 fully saturated rings. The highest BCUT2D eigenvalue weighted by Gasteiger charge is 2.16. The molecule has 8 nitrogen and oxygen atoms in total. The van der Waals surface area contributed by atoms with E-state index in [9.17, 15) is 22.4 Å². The topological polar surface area (TPSA) is 110 Å². The second-order valence-corrected chi connectivity index (χ2v) is 9.38. The van der Waals surface area contributed by atoms with Crippen LogP contribution in [0.25, 0.3) is 21.3 Å². The lowest BCUT2D eigenvalue weighted by Gasteiger charge is -2.09. The smallest absolute Gasteiger partial charge is 0.273 e. The van der Waals surface area contributed by atoms with Crippen molar-refractivity contribution in [2.45, 2.75) is 11.3 Å².